The fourth-order valence-electron chi connectivity index (χ4n) is 2.04. The number of halogens is 1. The van der Waals surface area contributed by atoms with Crippen LogP contribution in [0.15, 0.2) is 42.5 Å². The van der Waals surface area contributed by atoms with E-state index in [1.807, 2.05) is 36.4 Å². The summed E-state index contributed by atoms with van der Waals surface area (Å²) in [7, 11) is -1.49. The van der Waals surface area contributed by atoms with Crippen LogP contribution >= 0.6 is 0 Å². The van der Waals surface area contributed by atoms with E-state index in [4.69, 9.17) is 6.42 Å². The second-order valence-corrected chi connectivity index (χ2v) is 10.7. The van der Waals surface area contributed by atoms with E-state index in [0.717, 1.165) is 16.3 Å². The largest absolute Gasteiger partial charge is 0.206 e. The minimum absolute atomic E-state index is 0.192. The highest BCUT2D eigenvalue weighted by Gasteiger charge is 2.18. The lowest BCUT2D eigenvalue weighted by Gasteiger charge is -2.17. The van der Waals surface area contributed by atoms with E-state index in [9.17, 15) is 4.39 Å². The lowest BCUT2D eigenvalue weighted by Crippen LogP contribution is -2.37. The second kappa shape index (κ2) is 5.03. The normalized spacial score (nSPS) is 11.1. The molecule has 19 heavy (non-hydrogen) atoms. The number of hydrogen-bond donors (Lipinski definition) is 0. The molecule has 2 aromatic carbocycles. The monoisotopic (exact) mass is 268 g/mol. The van der Waals surface area contributed by atoms with Crippen molar-refractivity contribution in [2.45, 2.75) is 19.6 Å². The summed E-state index contributed by atoms with van der Waals surface area (Å²) >= 11 is 0. The molecule has 0 bridgehead atoms. The molecule has 0 saturated carbocycles. The molecule has 0 unspecified atom stereocenters. The molecule has 0 spiro atoms. The Morgan fingerprint density at radius 3 is 2.26 bits per heavy atom. The number of hydrogen-bond acceptors (Lipinski definition) is 0. The molecule has 0 nitrogen and oxygen atoms in total. The summed E-state index contributed by atoms with van der Waals surface area (Å²) in [6.45, 7) is 6.62. The molecule has 0 fully saturated rings. The van der Waals surface area contributed by atoms with Gasteiger partial charge in [0.1, 0.15) is 5.82 Å². The number of benzene rings is 2. The number of terminal acetylenes is 1. The van der Waals surface area contributed by atoms with E-state index in [0.29, 0.717) is 5.56 Å². The zero-order valence-corrected chi connectivity index (χ0v) is 12.5. The van der Waals surface area contributed by atoms with E-state index < -0.39 is 8.07 Å². The summed E-state index contributed by atoms with van der Waals surface area (Å²) in [5, 5.41) is 1.12. The van der Waals surface area contributed by atoms with Crippen molar-refractivity contribution in [1.29, 1.82) is 0 Å². The van der Waals surface area contributed by atoms with Crippen molar-refractivity contribution in [1.82, 2.24) is 0 Å². The third-order valence-corrected chi connectivity index (χ3v) is 5.25. The van der Waals surface area contributed by atoms with Crippen molar-refractivity contribution in [2.24, 2.45) is 0 Å². The van der Waals surface area contributed by atoms with Gasteiger partial charge in [-0.3, -0.25) is 0 Å². The minimum atomic E-state index is -1.49. The Morgan fingerprint density at radius 1 is 1.00 bits per heavy atom. The van der Waals surface area contributed by atoms with Crippen LogP contribution in [0.2, 0.25) is 19.6 Å². The van der Waals surface area contributed by atoms with Gasteiger partial charge in [0.05, 0.1) is 8.07 Å². The van der Waals surface area contributed by atoms with Crippen LogP contribution in [-0.2, 0) is 0 Å². The standard InChI is InChI=1S/C17H17FSi/c1-5-13-8-6-7-9-15(13)16-11-10-14(12-17(16)18)19(2,3)4/h1,6-12H,2-4H3. The Balaban J connectivity index is 2.57. The van der Waals surface area contributed by atoms with Crippen LogP contribution in [0.5, 0.6) is 0 Å². The molecule has 0 heterocycles. The predicted molar refractivity (Wildman–Crippen MR) is 82.8 cm³/mol. The summed E-state index contributed by atoms with van der Waals surface area (Å²) in [6.07, 6.45) is 5.47. The molecule has 0 atom stereocenters. The van der Waals surface area contributed by atoms with Gasteiger partial charge in [0.15, 0.2) is 0 Å². The Bertz CT molecular complexity index is 645. The van der Waals surface area contributed by atoms with Crippen molar-refractivity contribution < 1.29 is 4.39 Å². The molecule has 0 aromatic heterocycles. The Labute approximate surface area is 115 Å². The van der Waals surface area contributed by atoms with Crippen molar-refractivity contribution in [2.75, 3.05) is 0 Å². The van der Waals surface area contributed by atoms with Gasteiger partial charge in [-0.05, 0) is 12.1 Å². The highest BCUT2D eigenvalue weighted by molar-refractivity contribution is 6.88. The first-order valence-corrected chi connectivity index (χ1v) is 9.79. The molecule has 0 aliphatic rings. The van der Waals surface area contributed by atoms with Crippen LogP contribution < -0.4 is 5.19 Å². The first-order valence-electron chi connectivity index (χ1n) is 6.29. The summed E-state index contributed by atoms with van der Waals surface area (Å²) in [5.74, 6) is 2.42. The summed E-state index contributed by atoms with van der Waals surface area (Å²) in [6, 6.07) is 13.0. The van der Waals surface area contributed by atoms with Crippen molar-refractivity contribution in [3.8, 4) is 23.5 Å². The summed E-state index contributed by atoms with van der Waals surface area (Å²) in [5.41, 5.74) is 2.09. The second-order valence-electron chi connectivity index (χ2n) is 5.63. The smallest absolute Gasteiger partial charge is 0.130 e. The van der Waals surface area contributed by atoms with E-state index >= 15 is 0 Å². The van der Waals surface area contributed by atoms with Crippen LogP contribution in [0.4, 0.5) is 4.39 Å². The van der Waals surface area contributed by atoms with Crippen LogP contribution in [0.25, 0.3) is 11.1 Å². The molecule has 0 aliphatic heterocycles. The zero-order chi connectivity index (χ0) is 14.0. The highest BCUT2D eigenvalue weighted by Crippen LogP contribution is 2.25. The van der Waals surface area contributed by atoms with Gasteiger partial charge in [0.25, 0.3) is 0 Å². The maximum Gasteiger partial charge on any atom is 0.130 e. The Kier molecular flexibility index (Phi) is 3.59. The van der Waals surface area contributed by atoms with Crippen LogP contribution in [-0.4, -0.2) is 8.07 Å². The molecular formula is C17H17FSi. The minimum Gasteiger partial charge on any atom is -0.206 e. The third-order valence-electron chi connectivity index (χ3n) is 3.21. The van der Waals surface area contributed by atoms with Crippen LogP contribution in [0.1, 0.15) is 5.56 Å². The molecule has 96 valence electrons. The van der Waals surface area contributed by atoms with Crippen LogP contribution in [0.3, 0.4) is 0 Å². The molecule has 0 saturated heterocycles. The molecule has 0 radical (unpaired) electrons. The first-order chi connectivity index (χ1) is 8.93. The fourth-order valence-corrected chi connectivity index (χ4v) is 3.19. The predicted octanol–water partition coefficient (Wildman–Crippen LogP) is 4.02. The van der Waals surface area contributed by atoms with E-state index in [2.05, 4.69) is 25.6 Å². The van der Waals surface area contributed by atoms with E-state index in [1.165, 1.54) is 0 Å². The number of rotatable bonds is 2. The van der Waals surface area contributed by atoms with Crippen molar-refractivity contribution in [3.05, 3.63) is 53.8 Å². The Hall–Kier alpha value is -1.85. The maximum absolute atomic E-state index is 14.3. The molecular weight excluding hydrogens is 251 g/mol. The van der Waals surface area contributed by atoms with Gasteiger partial charge in [0.2, 0.25) is 0 Å². The van der Waals surface area contributed by atoms with Gasteiger partial charge in [-0.25, -0.2) is 4.39 Å². The lowest BCUT2D eigenvalue weighted by atomic mass is 10.00. The van der Waals surface area contributed by atoms with Crippen molar-refractivity contribution in [3.63, 3.8) is 0 Å². The SMILES string of the molecule is C#Cc1ccccc1-c1ccc([Si](C)(C)C)cc1F. The fraction of sp³-hybridized carbons (Fsp3) is 0.176. The molecule has 0 aliphatic carbocycles. The van der Waals surface area contributed by atoms with Gasteiger partial charge in [0, 0.05) is 16.7 Å². The van der Waals surface area contributed by atoms with Gasteiger partial charge in [-0.1, -0.05) is 61.1 Å². The van der Waals surface area contributed by atoms with Gasteiger partial charge < -0.3 is 0 Å². The quantitative estimate of drug-likeness (QED) is 0.570. The van der Waals surface area contributed by atoms with Crippen LogP contribution in [0, 0.1) is 18.2 Å². The average Bonchev–Trinajstić information content (AvgIpc) is 2.37. The summed E-state index contributed by atoms with van der Waals surface area (Å²) in [4.78, 5) is 0. The highest BCUT2D eigenvalue weighted by atomic mass is 28.3. The molecule has 2 aromatic rings. The van der Waals surface area contributed by atoms with E-state index in [-0.39, 0.29) is 5.82 Å². The molecule has 0 N–H and O–H groups in total. The van der Waals surface area contributed by atoms with Gasteiger partial charge in [-0.2, -0.15) is 0 Å². The maximum atomic E-state index is 14.3. The topological polar surface area (TPSA) is 0 Å². The van der Waals surface area contributed by atoms with Gasteiger partial charge in [-0.15, -0.1) is 6.42 Å². The average molecular weight is 268 g/mol. The lowest BCUT2D eigenvalue weighted by molar-refractivity contribution is 0.632. The van der Waals surface area contributed by atoms with Crippen molar-refractivity contribution >= 4 is 13.3 Å². The molecule has 2 rings (SSSR count). The zero-order valence-electron chi connectivity index (χ0n) is 11.5. The van der Waals surface area contributed by atoms with E-state index in [1.54, 1.807) is 6.07 Å². The summed E-state index contributed by atoms with van der Waals surface area (Å²) < 4.78 is 14.3. The Morgan fingerprint density at radius 2 is 1.68 bits per heavy atom. The molecule has 2 heteroatoms. The first kappa shape index (κ1) is 13.6. The molecule has 0 amide bonds. The third kappa shape index (κ3) is 2.77. The van der Waals surface area contributed by atoms with Gasteiger partial charge >= 0.3 is 0 Å².